The number of rotatable bonds is 23. The van der Waals surface area contributed by atoms with Crippen LogP contribution >= 0.6 is 0 Å². The number of hydrazine groups is 1. The summed E-state index contributed by atoms with van der Waals surface area (Å²) >= 11 is 0. The van der Waals surface area contributed by atoms with E-state index in [0.717, 1.165) is 13.0 Å². The van der Waals surface area contributed by atoms with Crippen LogP contribution in [0.25, 0.3) is 0 Å². The summed E-state index contributed by atoms with van der Waals surface area (Å²) in [5.41, 5.74) is 3.50. The summed E-state index contributed by atoms with van der Waals surface area (Å²) in [6, 6.07) is 0. The van der Waals surface area contributed by atoms with Crippen LogP contribution in [0.1, 0.15) is 135 Å². The smallest absolute Gasteiger partial charge is 0.268 e. The lowest BCUT2D eigenvalue weighted by atomic mass is 10.0. The van der Waals surface area contributed by atoms with Gasteiger partial charge in [0, 0.05) is 24.9 Å². The van der Waals surface area contributed by atoms with Crippen LogP contribution in [-0.2, 0) is 0 Å². The van der Waals surface area contributed by atoms with Gasteiger partial charge in [0.15, 0.2) is 0 Å². The fourth-order valence-electron chi connectivity index (χ4n) is 4.34. The summed E-state index contributed by atoms with van der Waals surface area (Å²) in [4.78, 5) is 10.3. The first kappa shape index (κ1) is 28.7. The summed E-state index contributed by atoms with van der Waals surface area (Å²) in [5, 5.41) is 12.6. The van der Waals surface area contributed by atoms with E-state index in [4.69, 9.17) is 0 Å². The zero-order valence-corrected chi connectivity index (χ0v) is 21.0. The Bertz CT molecular complexity index is 505. The number of hydrogen-bond donors (Lipinski definition) is 1. The van der Waals surface area contributed by atoms with E-state index in [9.17, 15) is 10.1 Å². The van der Waals surface area contributed by atoms with E-state index < -0.39 is 0 Å². The third kappa shape index (κ3) is 17.2. The SMILES string of the molecule is CCCCCCCCCCCCCCCCCCCCCCNN1C=CC([N+](=O)[O-])=CC1. The zero-order chi connectivity index (χ0) is 23.1. The van der Waals surface area contributed by atoms with Gasteiger partial charge in [-0.3, -0.25) is 10.1 Å². The van der Waals surface area contributed by atoms with Gasteiger partial charge in [-0.05, 0) is 6.42 Å². The second kappa shape index (κ2) is 21.5. The van der Waals surface area contributed by atoms with Crippen LogP contribution in [-0.4, -0.2) is 23.0 Å². The van der Waals surface area contributed by atoms with Gasteiger partial charge in [0.05, 0.1) is 11.5 Å². The molecule has 0 amide bonds. The maximum Gasteiger partial charge on any atom is 0.268 e. The molecule has 0 aromatic heterocycles. The van der Waals surface area contributed by atoms with Gasteiger partial charge in [-0.25, -0.2) is 5.43 Å². The maximum atomic E-state index is 10.7. The van der Waals surface area contributed by atoms with Gasteiger partial charge in [0.1, 0.15) is 0 Å². The van der Waals surface area contributed by atoms with Gasteiger partial charge in [0.2, 0.25) is 0 Å². The molecule has 0 atom stereocenters. The van der Waals surface area contributed by atoms with Crippen molar-refractivity contribution < 1.29 is 4.92 Å². The second-order valence-electron chi connectivity index (χ2n) is 9.48. The molecule has 0 saturated carbocycles. The van der Waals surface area contributed by atoms with Gasteiger partial charge in [-0.1, -0.05) is 129 Å². The number of nitrogens with one attached hydrogen (secondary N) is 1. The molecular formula is C27H51N3O2. The van der Waals surface area contributed by atoms with Gasteiger partial charge < -0.3 is 5.01 Å². The van der Waals surface area contributed by atoms with E-state index in [1.165, 1.54) is 122 Å². The van der Waals surface area contributed by atoms with Gasteiger partial charge >= 0.3 is 0 Å². The predicted octanol–water partition coefficient (Wildman–Crippen LogP) is 8.30. The Balaban J connectivity index is 1.70. The summed E-state index contributed by atoms with van der Waals surface area (Å²) < 4.78 is 0. The molecule has 1 heterocycles. The fourth-order valence-corrected chi connectivity index (χ4v) is 4.34. The number of nitro groups is 1. The molecule has 5 nitrogen and oxygen atoms in total. The monoisotopic (exact) mass is 449 g/mol. The van der Waals surface area contributed by atoms with Crippen molar-refractivity contribution in [3.05, 3.63) is 34.2 Å². The van der Waals surface area contributed by atoms with Crippen molar-refractivity contribution in [1.29, 1.82) is 0 Å². The molecule has 0 fully saturated rings. The first-order valence-corrected chi connectivity index (χ1v) is 13.8. The van der Waals surface area contributed by atoms with Gasteiger partial charge in [-0.15, -0.1) is 0 Å². The van der Waals surface area contributed by atoms with Crippen molar-refractivity contribution in [2.45, 2.75) is 135 Å². The van der Waals surface area contributed by atoms with Crippen molar-refractivity contribution in [2.24, 2.45) is 0 Å². The molecule has 0 bridgehead atoms. The lowest BCUT2D eigenvalue weighted by Crippen LogP contribution is -2.35. The highest BCUT2D eigenvalue weighted by Gasteiger charge is 2.11. The highest BCUT2D eigenvalue weighted by molar-refractivity contribution is 5.15. The largest absolute Gasteiger partial charge is 0.311 e. The van der Waals surface area contributed by atoms with Crippen molar-refractivity contribution in [2.75, 3.05) is 13.1 Å². The third-order valence-electron chi connectivity index (χ3n) is 6.48. The highest BCUT2D eigenvalue weighted by atomic mass is 16.6. The fraction of sp³-hybridized carbons (Fsp3) is 0.852. The quantitative estimate of drug-likeness (QED) is 0.0968. The minimum absolute atomic E-state index is 0.182. The molecule has 0 radical (unpaired) electrons. The number of hydrogen-bond acceptors (Lipinski definition) is 4. The first-order valence-electron chi connectivity index (χ1n) is 13.8. The third-order valence-corrected chi connectivity index (χ3v) is 6.48. The Kier molecular flexibility index (Phi) is 19.2. The van der Waals surface area contributed by atoms with E-state index >= 15 is 0 Å². The topological polar surface area (TPSA) is 58.4 Å². The molecular weight excluding hydrogens is 398 g/mol. The minimum Gasteiger partial charge on any atom is -0.311 e. The van der Waals surface area contributed by atoms with Crippen molar-refractivity contribution in [3.8, 4) is 0 Å². The first-order chi connectivity index (χ1) is 15.7. The number of allylic oxidation sites excluding steroid dienone is 1. The van der Waals surface area contributed by atoms with Crippen LogP contribution in [0.3, 0.4) is 0 Å². The summed E-state index contributed by atoms with van der Waals surface area (Å²) in [6.45, 7) is 3.79. The normalized spacial score (nSPS) is 13.5. The van der Waals surface area contributed by atoms with E-state index in [-0.39, 0.29) is 10.6 Å². The average molecular weight is 450 g/mol. The molecule has 1 rings (SSSR count). The molecule has 1 aliphatic heterocycles. The Morgan fingerprint density at radius 3 is 1.50 bits per heavy atom. The summed E-state index contributed by atoms with van der Waals surface area (Å²) in [6.07, 6.45) is 33.0. The molecule has 5 heteroatoms. The van der Waals surface area contributed by atoms with Gasteiger partial charge in [-0.2, -0.15) is 0 Å². The molecule has 0 spiro atoms. The molecule has 0 aromatic rings. The Labute approximate surface area is 198 Å². The van der Waals surface area contributed by atoms with Crippen molar-refractivity contribution >= 4 is 0 Å². The lowest BCUT2D eigenvalue weighted by molar-refractivity contribution is -0.419. The second-order valence-corrected chi connectivity index (χ2v) is 9.48. The Morgan fingerprint density at radius 1 is 0.750 bits per heavy atom. The van der Waals surface area contributed by atoms with E-state index in [0.29, 0.717) is 6.54 Å². The van der Waals surface area contributed by atoms with Crippen LogP contribution in [0.5, 0.6) is 0 Å². The molecule has 0 aliphatic carbocycles. The molecule has 1 aliphatic rings. The summed E-state index contributed by atoms with van der Waals surface area (Å²) in [7, 11) is 0. The molecule has 0 aromatic carbocycles. The van der Waals surface area contributed by atoms with E-state index in [1.54, 1.807) is 18.4 Å². The maximum absolute atomic E-state index is 10.7. The van der Waals surface area contributed by atoms with Crippen LogP contribution in [0.4, 0.5) is 0 Å². The minimum atomic E-state index is -0.341. The van der Waals surface area contributed by atoms with Crippen molar-refractivity contribution in [1.82, 2.24) is 10.4 Å². The summed E-state index contributed by atoms with van der Waals surface area (Å²) in [5.74, 6) is 0. The standard InChI is InChI=1S/C27H51N3O2/c1-2-3-4-5-6-7-8-9-10-11-12-13-14-15-16-17-18-19-20-21-24-28-29-25-22-27(23-26-29)30(31)32/h22-23,25,28H,2-21,24,26H2,1H3. The molecule has 0 saturated heterocycles. The van der Waals surface area contributed by atoms with Crippen LogP contribution in [0.2, 0.25) is 0 Å². The average Bonchev–Trinajstić information content (AvgIpc) is 2.80. The Morgan fingerprint density at radius 2 is 1.16 bits per heavy atom. The zero-order valence-electron chi connectivity index (χ0n) is 21.0. The molecule has 32 heavy (non-hydrogen) atoms. The van der Waals surface area contributed by atoms with Crippen LogP contribution < -0.4 is 5.43 Å². The predicted molar refractivity (Wildman–Crippen MR) is 137 cm³/mol. The van der Waals surface area contributed by atoms with Gasteiger partial charge in [0.25, 0.3) is 5.70 Å². The Hall–Kier alpha value is -1.36. The molecule has 1 N–H and O–H groups in total. The van der Waals surface area contributed by atoms with E-state index in [1.807, 2.05) is 5.01 Å². The number of unbranched alkanes of at least 4 members (excludes halogenated alkanes) is 19. The molecule has 0 unspecified atom stereocenters. The highest BCUT2D eigenvalue weighted by Crippen LogP contribution is 2.15. The molecule has 186 valence electrons. The number of nitrogens with zero attached hydrogens (tertiary/aromatic N) is 2. The van der Waals surface area contributed by atoms with E-state index in [2.05, 4.69) is 12.3 Å². The van der Waals surface area contributed by atoms with Crippen molar-refractivity contribution in [3.63, 3.8) is 0 Å². The lowest BCUT2D eigenvalue weighted by Gasteiger charge is -2.21. The van der Waals surface area contributed by atoms with Crippen LogP contribution in [0, 0.1) is 10.1 Å². The van der Waals surface area contributed by atoms with Crippen LogP contribution in [0.15, 0.2) is 24.0 Å².